The lowest BCUT2D eigenvalue weighted by Crippen LogP contribution is -2.26. The van der Waals surface area contributed by atoms with Gasteiger partial charge in [-0.3, -0.25) is 4.79 Å². The van der Waals surface area contributed by atoms with E-state index in [1.807, 2.05) is 0 Å². The lowest BCUT2D eigenvalue weighted by molar-refractivity contribution is -0.141. The van der Waals surface area contributed by atoms with Crippen molar-refractivity contribution in [2.24, 2.45) is 0 Å². The molecule has 1 N–H and O–H groups in total. The van der Waals surface area contributed by atoms with E-state index in [-0.39, 0.29) is 29.7 Å². The average Bonchev–Trinajstić information content (AvgIpc) is 2.93. The van der Waals surface area contributed by atoms with Gasteiger partial charge in [0.25, 0.3) is 0 Å². The molecule has 0 unspecified atom stereocenters. The van der Waals surface area contributed by atoms with Crippen LogP contribution in [0.2, 0.25) is 0 Å². The second-order valence-electron chi connectivity index (χ2n) is 3.94. The zero-order chi connectivity index (χ0) is 15.6. The van der Waals surface area contributed by atoms with E-state index in [9.17, 15) is 18.0 Å². The SMILES string of the molecule is COCc1nn2c(CNC(=O)CCl)c(C(F)(F)F)nc2s1. The van der Waals surface area contributed by atoms with Gasteiger partial charge in [0.15, 0.2) is 5.69 Å². The Balaban J connectivity index is 2.42. The molecule has 6 nitrogen and oxygen atoms in total. The fraction of sp³-hybridized carbons (Fsp3) is 0.500. The van der Waals surface area contributed by atoms with Gasteiger partial charge in [-0.05, 0) is 0 Å². The minimum absolute atomic E-state index is 0.0875. The van der Waals surface area contributed by atoms with Crippen molar-refractivity contribution in [1.29, 1.82) is 0 Å². The lowest BCUT2D eigenvalue weighted by atomic mass is 10.3. The Labute approximate surface area is 125 Å². The minimum atomic E-state index is -4.63. The average molecular weight is 343 g/mol. The number of nitrogens with zero attached hydrogens (tertiary/aromatic N) is 3. The van der Waals surface area contributed by atoms with E-state index < -0.39 is 17.8 Å². The topological polar surface area (TPSA) is 68.5 Å². The molecule has 21 heavy (non-hydrogen) atoms. The number of imidazole rings is 1. The maximum atomic E-state index is 13.0. The van der Waals surface area contributed by atoms with E-state index >= 15 is 0 Å². The van der Waals surface area contributed by atoms with Crippen molar-refractivity contribution in [2.45, 2.75) is 19.3 Å². The molecule has 0 spiro atoms. The fourth-order valence-corrected chi connectivity index (χ4v) is 2.61. The van der Waals surface area contributed by atoms with Gasteiger partial charge in [0.05, 0.1) is 18.8 Å². The first-order valence-electron chi connectivity index (χ1n) is 5.63. The van der Waals surface area contributed by atoms with Crippen LogP contribution >= 0.6 is 22.9 Å². The van der Waals surface area contributed by atoms with E-state index in [0.717, 1.165) is 15.9 Å². The Morgan fingerprint density at radius 1 is 1.52 bits per heavy atom. The first-order valence-corrected chi connectivity index (χ1v) is 6.98. The number of fused-ring (bicyclic) bond motifs is 1. The summed E-state index contributed by atoms with van der Waals surface area (Å²) in [5.41, 5.74) is -1.31. The summed E-state index contributed by atoms with van der Waals surface area (Å²) < 4.78 is 44.8. The van der Waals surface area contributed by atoms with Crippen LogP contribution < -0.4 is 5.32 Å². The van der Waals surface area contributed by atoms with E-state index in [4.69, 9.17) is 16.3 Å². The van der Waals surface area contributed by atoms with Gasteiger partial charge in [-0.15, -0.1) is 11.6 Å². The van der Waals surface area contributed by atoms with E-state index in [1.54, 1.807) is 0 Å². The smallest absolute Gasteiger partial charge is 0.377 e. The zero-order valence-electron chi connectivity index (χ0n) is 10.7. The Morgan fingerprint density at radius 3 is 2.81 bits per heavy atom. The minimum Gasteiger partial charge on any atom is -0.377 e. The first-order chi connectivity index (χ1) is 9.86. The molecular weight excluding hydrogens is 333 g/mol. The van der Waals surface area contributed by atoms with E-state index in [0.29, 0.717) is 5.01 Å². The number of methoxy groups -OCH3 is 1. The molecule has 0 aliphatic rings. The number of rotatable bonds is 5. The third-order valence-corrected chi connectivity index (χ3v) is 3.57. The molecule has 0 bridgehead atoms. The third-order valence-electron chi connectivity index (χ3n) is 2.45. The number of aromatic nitrogens is 3. The van der Waals surface area contributed by atoms with Gasteiger partial charge in [0.2, 0.25) is 10.9 Å². The maximum Gasteiger partial charge on any atom is 0.435 e. The summed E-state index contributed by atoms with van der Waals surface area (Å²) in [6, 6.07) is 0. The molecule has 2 heterocycles. The second kappa shape index (κ2) is 6.16. The molecule has 0 aliphatic heterocycles. The molecule has 0 aromatic carbocycles. The van der Waals surface area contributed by atoms with Crippen molar-refractivity contribution in [2.75, 3.05) is 13.0 Å². The lowest BCUT2D eigenvalue weighted by Gasteiger charge is -2.07. The van der Waals surface area contributed by atoms with Crippen LogP contribution in [0, 0.1) is 0 Å². The molecule has 2 rings (SSSR count). The number of ether oxygens (including phenoxy) is 1. The van der Waals surface area contributed by atoms with Crippen LogP contribution in [0.25, 0.3) is 4.96 Å². The molecular formula is C10H10ClF3N4O2S. The normalized spacial score (nSPS) is 12.0. The van der Waals surface area contributed by atoms with E-state index in [1.165, 1.54) is 7.11 Å². The van der Waals surface area contributed by atoms with Crippen LogP contribution in [0.1, 0.15) is 16.4 Å². The Morgan fingerprint density at radius 2 is 2.24 bits per heavy atom. The zero-order valence-corrected chi connectivity index (χ0v) is 12.3. The Hall–Kier alpha value is -1.39. The highest BCUT2D eigenvalue weighted by Gasteiger charge is 2.38. The quantitative estimate of drug-likeness (QED) is 0.841. The van der Waals surface area contributed by atoms with Crippen molar-refractivity contribution in [3.8, 4) is 0 Å². The monoisotopic (exact) mass is 342 g/mol. The number of nitrogens with one attached hydrogen (secondary N) is 1. The highest BCUT2D eigenvalue weighted by molar-refractivity contribution is 7.16. The van der Waals surface area contributed by atoms with Crippen molar-refractivity contribution >= 4 is 33.8 Å². The van der Waals surface area contributed by atoms with Crippen molar-refractivity contribution in [3.05, 3.63) is 16.4 Å². The van der Waals surface area contributed by atoms with Crippen LogP contribution in [0.3, 0.4) is 0 Å². The highest BCUT2D eigenvalue weighted by atomic mass is 35.5. The molecule has 1 amide bonds. The summed E-state index contributed by atoms with van der Waals surface area (Å²) in [7, 11) is 1.45. The predicted molar refractivity (Wildman–Crippen MR) is 69.1 cm³/mol. The predicted octanol–water partition coefficient (Wildman–Crippen LogP) is 1.81. The number of carbonyl (C=O) groups excluding carboxylic acids is 1. The standard InChI is InChI=1S/C10H10ClF3N4O2S/c1-20-4-7-17-18-5(3-15-6(19)2-11)8(10(12,13)14)16-9(18)21-7/h2-4H2,1H3,(H,15,19). The van der Waals surface area contributed by atoms with Gasteiger partial charge >= 0.3 is 6.18 Å². The summed E-state index contributed by atoms with van der Waals surface area (Å²) in [5, 5.41) is 6.77. The molecule has 0 aliphatic carbocycles. The summed E-state index contributed by atoms with van der Waals surface area (Å²) >= 11 is 6.29. The van der Waals surface area contributed by atoms with Gasteiger partial charge in [-0.1, -0.05) is 11.3 Å². The maximum absolute atomic E-state index is 13.0. The fourth-order valence-electron chi connectivity index (χ4n) is 1.63. The van der Waals surface area contributed by atoms with Gasteiger partial charge in [-0.25, -0.2) is 9.50 Å². The van der Waals surface area contributed by atoms with Gasteiger partial charge in [0.1, 0.15) is 10.9 Å². The number of carbonyl (C=O) groups is 1. The van der Waals surface area contributed by atoms with E-state index in [2.05, 4.69) is 15.4 Å². The molecule has 0 atom stereocenters. The second-order valence-corrected chi connectivity index (χ2v) is 5.25. The molecule has 2 aromatic rings. The summed E-state index contributed by atoms with van der Waals surface area (Å²) in [4.78, 5) is 14.8. The number of halogens is 4. The summed E-state index contributed by atoms with van der Waals surface area (Å²) in [6.45, 7) is -0.194. The van der Waals surface area contributed by atoms with Gasteiger partial charge in [0, 0.05) is 7.11 Å². The summed E-state index contributed by atoms with van der Waals surface area (Å²) in [5.74, 6) is -0.915. The molecule has 116 valence electrons. The number of alkyl halides is 4. The number of hydrogen-bond acceptors (Lipinski definition) is 5. The van der Waals surface area contributed by atoms with Crippen molar-refractivity contribution in [1.82, 2.24) is 19.9 Å². The van der Waals surface area contributed by atoms with Crippen LogP contribution in [-0.4, -0.2) is 33.5 Å². The number of amides is 1. The summed E-state index contributed by atoms with van der Waals surface area (Å²) in [6.07, 6.45) is -4.63. The third kappa shape index (κ3) is 3.44. The first kappa shape index (κ1) is 16.0. The van der Waals surface area contributed by atoms with Gasteiger partial charge in [-0.2, -0.15) is 18.3 Å². The molecule has 0 radical (unpaired) electrons. The molecule has 0 saturated carbocycles. The number of hydrogen-bond donors (Lipinski definition) is 1. The van der Waals surface area contributed by atoms with Crippen LogP contribution in [0.15, 0.2) is 0 Å². The van der Waals surface area contributed by atoms with Crippen molar-refractivity contribution in [3.63, 3.8) is 0 Å². The van der Waals surface area contributed by atoms with Gasteiger partial charge < -0.3 is 10.1 Å². The molecule has 11 heteroatoms. The highest BCUT2D eigenvalue weighted by Crippen LogP contribution is 2.33. The Bertz CT molecular complexity index is 655. The van der Waals surface area contributed by atoms with Crippen molar-refractivity contribution < 1.29 is 22.7 Å². The molecule has 0 fully saturated rings. The van der Waals surface area contributed by atoms with Crippen LogP contribution in [-0.2, 0) is 28.9 Å². The molecule has 2 aromatic heterocycles. The largest absolute Gasteiger partial charge is 0.435 e. The van der Waals surface area contributed by atoms with Crippen LogP contribution in [0.4, 0.5) is 13.2 Å². The molecule has 0 saturated heterocycles. The van der Waals surface area contributed by atoms with Crippen LogP contribution in [0.5, 0.6) is 0 Å². The Kier molecular flexibility index (Phi) is 4.69.